The van der Waals surface area contributed by atoms with Crippen LogP contribution in [0.25, 0.3) is 0 Å². The summed E-state index contributed by atoms with van der Waals surface area (Å²) in [4.78, 5) is 52.8. The van der Waals surface area contributed by atoms with E-state index in [2.05, 4.69) is 0 Å². The summed E-state index contributed by atoms with van der Waals surface area (Å²) < 4.78 is 59.2. The van der Waals surface area contributed by atoms with Crippen LogP contribution in [0.3, 0.4) is 0 Å². The molecule has 6 rings (SSSR count). The highest BCUT2D eigenvalue weighted by Crippen LogP contribution is 2.57. The molecule has 0 bridgehead atoms. The molecule has 2 aromatic rings. The van der Waals surface area contributed by atoms with Crippen molar-refractivity contribution in [2.24, 2.45) is 11.8 Å². The molecule has 0 aromatic heterocycles. The number of rotatable bonds is 14. The second-order valence-electron chi connectivity index (χ2n) is 13.8. The van der Waals surface area contributed by atoms with Gasteiger partial charge in [0.1, 0.15) is 0 Å². The van der Waals surface area contributed by atoms with Crippen LogP contribution in [0.1, 0.15) is 94.9 Å². The predicted octanol–water partition coefficient (Wildman–Crippen LogP) is 5.01. The number of benzene rings is 2. The van der Waals surface area contributed by atoms with Gasteiger partial charge in [0.15, 0.2) is 47.6 Å². The maximum Gasteiger partial charge on any atom is 0.310 e. The third kappa shape index (κ3) is 7.61. The van der Waals surface area contributed by atoms with Crippen molar-refractivity contribution >= 4 is 23.9 Å². The second kappa shape index (κ2) is 16.7. The number of esters is 4. The highest BCUT2D eigenvalue weighted by molar-refractivity contribution is 5.79. The molecule has 0 unspecified atom stereocenters. The Hall–Kier alpha value is -4.76. The molecular formula is C39H48O15. The number of hydrogen-bond donors (Lipinski definition) is 1. The summed E-state index contributed by atoms with van der Waals surface area (Å²) in [5, 5.41) is 10.7. The standard InChI is InChI=1S/C39H48O15/c1-7-10-28(40)51-34-19(4)50-39(37(53-30(42)12-9-3)36(34)52-29(41)11-8-2)54-35-22-16-25-24(48-18-49-25)15-21(22)31(32-23(35)17-47-38(32)44)20-13-26(45-5)33(43)27(14-20)46-6/h13-16,19,23,31-32,34-37,39,43H,7-12,17-18H2,1-6H3/t19-,23-,31+,32-,34-,35+,36+,37+,39-/m0/s1. The smallest absolute Gasteiger partial charge is 0.310 e. The molecule has 294 valence electrons. The Balaban J connectivity index is 1.46. The van der Waals surface area contributed by atoms with Crippen LogP contribution in [0.15, 0.2) is 24.3 Å². The number of phenols is 1. The van der Waals surface area contributed by atoms with Gasteiger partial charge in [0, 0.05) is 31.1 Å². The Kier molecular flexibility index (Phi) is 12.1. The van der Waals surface area contributed by atoms with Gasteiger partial charge < -0.3 is 52.5 Å². The summed E-state index contributed by atoms with van der Waals surface area (Å²) in [6, 6.07) is 6.85. The Bertz CT molecular complexity index is 1700. The molecule has 3 aliphatic heterocycles. The average Bonchev–Trinajstić information content (AvgIpc) is 3.77. The minimum absolute atomic E-state index is 0.0220. The number of hydrogen-bond acceptors (Lipinski definition) is 15. The topological polar surface area (TPSA) is 181 Å². The third-order valence-corrected chi connectivity index (χ3v) is 10.2. The van der Waals surface area contributed by atoms with Crippen molar-refractivity contribution in [2.45, 2.75) is 109 Å². The van der Waals surface area contributed by atoms with E-state index in [1.807, 2.05) is 20.8 Å². The fraction of sp³-hybridized carbons (Fsp3) is 0.590. The lowest BCUT2D eigenvalue weighted by Gasteiger charge is -2.46. The molecule has 3 heterocycles. The number of carbonyl (C=O) groups is 4. The van der Waals surface area contributed by atoms with Crippen LogP contribution in [0.2, 0.25) is 0 Å². The van der Waals surface area contributed by atoms with E-state index >= 15 is 0 Å². The Morgan fingerprint density at radius 2 is 1.30 bits per heavy atom. The first-order chi connectivity index (χ1) is 26.0. The molecule has 2 saturated heterocycles. The van der Waals surface area contributed by atoms with E-state index in [4.69, 9.17) is 47.4 Å². The molecule has 2 fully saturated rings. The van der Waals surface area contributed by atoms with Crippen molar-refractivity contribution < 1.29 is 71.7 Å². The zero-order valence-electron chi connectivity index (χ0n) is 31.3. The van der Waals surface area contributed by atoms with Crippen LogP contribution in [0.5, 0.6) is 28.7 Å². The molecule has 1 aliphatic carbocycles. The maximum atomic E-state index is 13.8. The van der Waals surface area contributed by atoms with Crippen LogP contribution >= 0.6 is 0 Å². The molecular weight excluding hydrogens is 708 g/mol. The van der Waals surface area contributed by atoms with Gasteiger partial charge in [-0.15, -0.1) is 0 Å². The van der Waals surface area contributed by atoms with Crippen molar-refractivity contribution in [1.29, 1.82) is 0 Å². The van der Waals surface area contributed by atoms with E-state index in [9.17, 15) is 24.3 Å². The third-order valence-electron chi connectivity index (χ3n) is 10.2. The SMILES string of the molecule is CCCC(=O)O[C@@H]1[C@@H](OC(=O)CCC)[C@H](C)O[C@@H](O[C@@H]2c3cc4c(cc3[C@@H](c3cc(OC)c(O)c(OC)c3)[C@H]3C(=O)OC[C@@H]32)OCO4)[C@@H]1OC(=O)CCC. The van der Waals surface area contributed by atoms with E-state index < -0.39 is 78.4 Å². The van der Waals surface area contributed by atoms with Gasteiger partial charge in [-0.2, -0.15) is 0 Å². The lowest BCUT2D eigenvalue weighted by Crippen LogP contribution is -2.61. The van der Waals surface area contributed by atoms with Crippen LogP contribution in [0, 0.1) is 11.8 Å². The number of fused-ring (bicyclic) bond motifs is 3. The van der Waals surface area contributed by atoms with Gasteiger partial charge in [-0.1, -0.05) is 20.8 Å². The van der Waals surface area contributed by atoms with Gasteiger partial charge in [-0.05, 0) is 67.1 Å². The first-order valence-electron chi connectivity index (χ1n) is 18.5. The maximum absolute atomic E-state index is 13.8. The lowest BCUT2D eigenvalue weighted by molar-refractivity contribution is -0.316. The number of aromatic hydroxyl groups is 1. The zero-order chi connectivity index (χ0) is 38.7. The first kappa shape index (κ1) is 38.9. The van der Waals surface area contributed by atoms with Gasteiger partial charge in [0.05, 0.1) is 39.0 Å². The van der Waals surface area contributed by atoms with Crippen molar-refractivity contribution in [1.82, 2.24) is 0 Å². The fourth-order valence-corrected chi connectivity index (χ4v) is 7.67. The van der Waals surface area contributed by atoms with Crippen molar-refractivity contribution in [3.63, 3.8) is 0 Å². The van der Waals surface area contributed by atoms with Crippen molar-refractivity contribution in [2.75, 3.05) is 27.6 Å². The number of phenolic OH excluding ortho intramolecular Hbond substituents is 1. The molecule has 0 amide bonds. The minimum Gasteiger partial charge on any atom is -0.502 e. The molecule has 0 radical (unpaired) electrons. The molecule has 15 nitrogen and oxygen atoms in total. The predicted molar refractivity (Wildman–Crippen MR) is 186 cm³/mol. The monoisotopic (exact) mass is 756 g/mol. The van der Waals surface area contributed by atoms with Gasteiger partial charge in [0.2, 0.25) is 12.5 Å². The summed E-state index contributed by atoms with van der Waals surface area (Å²) in [5.41, 5.74) is 1.85. The van der Waals surface area contributed by atoms with Crippen LogP contribution < -0.4 is 18.9 Å². The molecule has 4 aliphatic rings. The Morgan fingerprint density at radius 3 is 1.85 bits per heavy atom. The summed E-state index contributed by atoms with van der Waals surface area (Å²) in [6.07, 6.45) is -5.18. The fourth-order valence-electron chi connectivity index (χ4n) is 7.67. The van der Waals surface area contributed by atoms with Gasteiger partial charge >= 0.3 is 23.9 Å². The van der Waals surface area contributed by atoms with Gasteiger partial charge in [-0.3, -0.25) is 19.2 Å². The van der Waals surface area contributed by atoms with Gasteiger partial charge in [-0.25, -0.2) is 0 Å². The van der Waals surface area contributed by atoms with Crippen LogP contribution in [0.4, 0.5) is 0 Å². The second-order valence-corrected chi connectivity index (χ2v) is 13.8. The highest BCUT2D eigenvalue weighted by atomic mass is 16.7. The van der Waals surface area contributed by atoms with E-state index in [-0.39, 0.29) is 49.9 Å². The molecule has 1 N–H and O–H groups in total. The number of cyclic esters (lactones) is 1. The van der Waals surface area contributed by atoms with E-state index in [0.29, 0.717) is 47.5 Å². The van der Waals surface area contributed by atoms with E-state index in [1.54, 1.807) is 31.2 Å². The molecule has 54 heavy (non-hydrogen) atoms. The highest BCUT2D eigenvalue weighted by Gasteiger charge is 2.57. The Labute approximate surface area is 313 Å². The molecule has 15 heteroatoms. The number of carbonyl (C=O) groups excluding carboxylic acids is 4. The van der Waals surface area contributed by atoms with E-state index in [0.717, 1.165) is 0 Å². The summed E-state index contributed by atoms with van der Waals surface area (Å²) in [6.45, 7) is 7.08. The summed E-state index contributed by atoms with van der Waals surface area (Å²) >= 11 is 0. The Morgan fingerprint density at radius 1 is 0.759 bits per heavy atom. The van der Waals surface area contributed by atoms with Crippen LogP contribution in [-0.2, 0) is 47.6 Å². The van der Waals surface area contributed by atoms with E-state index in [1.165, 1.54) is 14.2 Å². The molecule has 9 atom stereocenters. The largest absolute Gasteiger partial charge is 0.502 e. The van der Waals surface area contributed by atoms with Crippen molar-refractivity contribution in [3.8, 4) is 28.7 Å². The van der Waals surface area contributed by atoms with Gasteiger partial charge in [0.25, 0.3) is 0 Å². The minimum atomic E-state index is -1.36. The lowest BCUT2D eigenvalue weighted by atomic mass is 9.66. The average molecular weight is 757 g/mol. The summed E-state index contributed by atoms with van der Waals surface area (Å²) in [7, 11) is 2.83. The van der Waals surface area contributed by atoms with Crippen LogP contribution in [-0.4, -0.2) is 87.3 Å². The summed E-state index contributed by atoms with van der Waals surface area (Å²) in [5.74, 6) is -3.26. The molecule has 2 aromatic carbocycles. The number of ether oxygens (including phenoxy) is 10. The quantitative estimate of drug-likeness (QED) is 0.201. The first-order valence-corrected chi connectivity index (χ1v) is 18.5. The zero-order valence-corrected chi connectivity index (χ0v) is 31.3. The molecule has 0 spiro atoms. The normalized spacial score (nSPS) is 28.0. The molecule has 0 saturated carbocycles. The number of methoxy groups -OCH3 is 2. The van der Waals surface area contributed by atoms with Crippen molar-refractivity contribution in [3.05, 3.63) is 41.0 Å².